The fourth-order valence-corrected chi connectivity index (χ4v) is 2.32. The first-order valence-corrected chi connectivity index (χ1v) is 8.66. The molecule has 1 amide bonds. The first-order valence-electron chi connectivity index (χ1n) is 7.86. The van der Waals surface area contributed by atoms with Gasteiger partial charge in [0.1, 0.15) is 0 Å². The maximum Gasteiger partial charge on any atom is 0.307 e. The molecule has 1 rings (SSSR count). The van der Waals surface area contributed by atoms with Gasteiger partial charge in [-0.1, -0.05) is 15.9 Å². The third-order valence-corrected chi connectivity index (χ3v) is 3.72. The average Bonchev–Trinajstić information content (AvgIpc) is 2.54. The first kappa shape index (κ1) is 19.6. The Morgan fingerprint density at radius 2 is 1.78 bits per heavy atom. The molecule has 1 aromatic rings. The number of carbonyl (C=O) groups is 2. The number of hydrogen-bond donors (Lipinski definition) is 0. The number of carbonyl (C=O) groups excluding carboxylic acids is 2. The minimum Gasteiger partial charge on any atom is -0.466 e. The molecular formula is C17H24BrNO4. The van der Waals surface area contributed by atoms with E-state index in [-0.39, 0.29) is 18.3 Å². The van der Waals surface area contributed by atoms with Crippen LogP contribution in [0.5, 0.6) is 0 Å². The molecule has 0 saturated heterocycles. The molecule has 0 atom stereocenters. The molecule has 5 nitrogen and oxygen atoms in total. The molecule has 128 valence electrons. The molecule has 0 saturated carbocycles. The number of ether oxygens (including phenoxy) is 2. The lowest BCUT2D eigenvalue weighted by Crippen LogP contribution is -2.34. The zero-order chi connectivity index (χ0) is 17.1. The molecule has 0 fully saturated rings. The maximum absolute atomic E-state index is 12.6. The van der Waals surface area contributed by atoms with E-state index in [2.05, 4.69) is 15.9 Å². The highest BCUT2D eigenvalue weighted by Gasteiger charge is 2.17. The maximum atomic E-state index is 12.6. The highest BCUT2D eigenvalue weighted by molar-refractivity contribution is 9.10. The number of hydrogen-bond acceptors (Lipinski definition) is 4. The second-order valence-corrected chi connectivity index (χ2v) is 5.82. The summed E-state index contributed by atoms with van der Waals surface area (Å²) in [5.74, 6) is -0.371. The Labute approximate surface area is 146 Å². The van der Waals surface area contributed by atoms with Crippen molar-refractivity contribution in [3.05, 3.63) is 34.3 Å². The van der Waals surface area contributed by atoms with Gasteiger partial charge in [0.05, 0.1) is 13.0 Å². The Bertz CT molecular complexity index is 490. The third kappa shape index (κ3) is 7.61. The molecule has 23 heavy (non-hydrogen) atoms. The summed E-state index contributed by atoms with van der Waals surface area (Å²) in [7, 11) is 0. The Morgan fingerprint density at radius 1 is 1.09 bits per heavy atom. The van der Waals surface area contributed by atoms with Crippen LogP contribution in [0.25, 0.3) is 0 Å². The van der Waals surface area contributed by atoms with Gasteiger partial charge >= 0.3 is 5.97 Å². The van der Waals surface area contributed by atoms with Gasteiger partial charge in [-0.2, -0.15) is 0 Å². The van der Waals surface area contributed by atoms with Crippen LogP contribution < -0.4 is 0 Å². The van der Waals surface area contributed by atoms with Crippen LogP contribution in [0, 0.1) is 0 Å². The standard InChI is InChI=1S/C17H24BrNO4/c1-3-22-13-5-11-19(12-10-16(20)23-4-2)17(21)14-6-8-15(18)9-7-14/h6-9H,3-5,10-13H2,1-2H3. The van der Waals surface area contributed by atoms with Gasteiger partial charge in [0.2, 0.25) is 0 Å². The summed E-state index contributed by atoms with van der Waals surface area (Å²) >= 11 is 3.36. The van der Waals surface area contributed by atoms with E-state index < -0.39 is 0 Å². The summed E-state index contributed by atoms with van der Waals surface area (Å²) < 4.78 is 11.2. The fraction of sp³-hybridized carbons (Fsp3) is 0.529. The van der Waals surface area contributed by atoms with E-state index in [1.165, 1.54) is 0 Å². The van der Waals surface area contributed by atoms with Gasteiger partial charge in [0.15, 0.2) is 0 Å². The van der Waals surface area contributed by atoms with Crippen molar-refractivity contribution in [1.29, 1.82) is 0 Å². The van der Waals surface area contributed by atoms with E-state index in [4.69, 9.17) is 9.47 Å². The Kier molecular flexibility index (Phi) is 9.55. The van der Waals surface area contributed by atoms with E-state index >= 15 is 0 Å². The Balaban J connectivity index is 2.66. The van der Waals surface area contributed by atoms with Gasteiger partial charge < -0.3 is 14.4 Å². The molecule has 0 heterocycles. The van der Waals surface area contributed by atoms with E-state index in [9.17, 15) is 9.59 Å². The molecule has 0 bridgehead atoms. The van der Waals surface area contributed by atoms with Crippen molar-refractivity contribution in [3.8, 4) is 0 Å². The number of nitrogens with zero attached hydrogens (tertiary/aromatic N) is 1. The summed E-state index contributed by atoms with van der Waals surface area (Å²) in [6, 6.07) is 7.20. The number of amides is 1. The van der Waals surface area contributed by atoms with Crippen LogP contribution in [0.3, 0.4) is 0 Å². The molecular weight excluding hydrogens is 362 g/mol. The lowest BCUT2D eigenvalue weighted by atomic mass is 10.2. The number of esters is 1. The van der Waals surface area contributed by atoms with Crippen molar-refractivity contribution in [2.45, 2.75) is 26.7 Å². The molecule has 0 aliphatic heterocycles. The number of benzene rings is 1. The van der Waals surface area contributed by atoms with E-state index in [1.54, 1.807) is 24.0 Å². The molecule has 0 aromatic heterocycles. The summed E-state index contributed by atoms with van der Waals surface area (Å²) in [4.78, 5) is 25.8. The van der Waals surface area contributed by atoms with Crippen molar-refractivity contribution in [2.24, 2.45) is 0 Å². The van der Waals surface area contributed by atoms with Crippen LogP contribution in [0.1, 0.15) is 37.0 Å². The van der Waals surface area contributed by atoms with Crippen molar-refractivity contribution >= 4 is 27.8 Å². The molecule has 0 N–H and O–H groups in total. The highest BCUT2D eigenvalue weighted by atomic mass is 79.9. The van der Waals surface area contributed by atoms with E-state index in [0.717, 1.165) is 10.9 Å². The number of rotatable bonds is 10. The molecule has 0 unspecified atom stereocenters. The van der Waals surface area contributed by atoms with Crippen LogP contribution in [-0.4, -0.2) is 49.7 Å². The van der Waals surface area contributed by atoms with Crippen LogP contribution in [0.15, 0.2) is 28.7 Å². The van der Waals surface area contributed by atoms with Crippen LogP contribution in [0.4, 0.5) is 0 Å². The zero-order valence-electron chi connectivity index (χ0n) is 13.7. The topological polar surface area (TPSA) is 55.8 Å². The molecule has 0 aliphatic carbocycles. The SMILES string of the molecule is CCOCCCN(CCC(=O)OCC)C(=O)c1ccc(Br)cc1. The lowest BCUT2D eigenvalue weighted by molar-refractivity contribution is -0.143. The minimum atomic E-state index is -0.286. The fourth-order valence-electron chi connectivity index (χ4n) is 2.05. The third-order valence-electron chi connectivity index (χ3n) is 3.19. The molecule has 1 aromatic carbocycles. The van der Waals surface area contributed by atoms with Gasteiger partial charge in [0.25, 0.3) is 5.91 Å². The summed E-state index contributed by atoms with van der Waals surface area (Å²) in [6.07, 6.45) is 0.934. The molecule has 0 radical (unpaired) electrons. The van der Waals surface area contributed by atoms with Gasteiger partial charge in [0, 0.05) is 36.3 Å². The van der Waals surface area contributed by atoms with E-state index in [1.807, 2.05) is 19.1 Å². The highest BCUT2D eigenvalue weighted by Crippen LogP contribution is 2.13. The van der Waals surface area contributed by atoms with E-state index in [0.29, 0.717) is 38.5 Å². The minimum absolute atomic E-state index is 0.0849. The summed E-state index contributed by atoms with van der Waals surface area (Å²) in [5, 5.41) is 0. The second-order valence-electron chi connectivity index (χ2n) is 4.90. The van der Waals surface area contributed by atoms with Gasteiger partial charge in [-0.3, -0.25) is 9.59 Å². The van der Waals surface area contributed by atoms with Crippen LogP contribution in [0.2, 0.25) is 0 Å². The van der Waals surface area contributed by atoms with Gasteiger partial charge in [-0.05, 0) is 44.5 Å². The summed E-state index contributed by atoms with van der Waals surface area (Å²) in [6.45, 7) is 6.21. The van der Waals surface area contributed by atoms with Crippen molar-refractivity contribution in [3.63, 3.8) is 0 Å². The molecule has 6 heteroatoms. The average molecular weight is 386 g/mol. The van der Waals surface area contributed by atoms with Crippen molar-refractivity contribution in [1.82, 2.24) is 4.90 Å². The van der Waals surface area contributed by atoms with Crippen LogP contribution >= 0.6 is 15.9 Å². The van der Waals surface area contributed by atoms with Crippen molar-refractivity contribution in [2.75, 3.05) is 32.9 Å². The Morgan fingerprint density at radius 3 is 2.39 bits per heavy atom. The molecule has 0 spiro atoms. The first-order chi connectivity index (χ1) is 11.1. The quantitative estimate of drug-likeness (QED) is 0.458. The summed E-state index contributed by atoms with van der Waals surface area (Å²) in [5.41, 5.74) is 0.605. The van der Waals surface area contributed by atoms with Gasteiger partial charge in [-0.25, -0.2) is 0 Å². The largest absolute Gasteiger partial charge is 0.466 e. The Hall–Kier alpha value is -1.40. The predicted octanol–water partition coefficient (Wildman–Crippen LogP) is 3.27. The smallest absolute Gasteiger partial charge is 0.307 e. The lowest BCUT2D eigenvalue weighted by Gasteiger charge is -2.22. The molecule has 0 aliphatic rings. The number of halogens is 1. The van der Waals surface area contributed by atoms with Gasteiger partial charge in [-0.15, -0.1) is 0 Å². The predicted molar refractivity (Wildman–Crippen MR) is 92.4 cm³/mol. The van der Waals surface area contributed by atoms with Crippen LogP contribution in [-0.2, 0) is 14.3 Å². The van der Waals surface area contributed by atoms with Crippen molar-refractivity contribution < 1.29 is 19.1 Å². The normalized spacial score (nSPS) is 10.4. The second kappa shape index (κ2) is 11.2. The zero-order valence-corrected chi connectivity index (χ0v) is 15.3. The monoisotopic (exact) mass is 385 g/mol.